The van der Waals surface area contributed by atoms with Crippen LogP contribution in [0.15, 0.2) is 24.3 Å². The highest BCUT2D eigenvalue weighted by Gasteiger charge is 2.41. The molecule has 4 rings (SSSR count). The summed E-state index contributed by atoms with van der Waals surface area (Å²) in [5, 5.41) is 8.75. The Morgan fingerprint density at radius 2 is 1.82 bits per heavy atom. The van der Waals surface area contributed by atoms with Crippen molar-refractivity contribution in [1.29, 1.82) is 0 Å². The Bertz CT molecular complexity index is 1180. The molecule has 1 aromatic carbocycles. The molecule has 2 N–H and O–H groups in total. The number of fused-ring (bicyclic) bond motifs is 1. The second-order valence-electron chi connectivity index (χ2n) is 12.4. The Balaban J connectivity index is 1.54. The molecule has 7 nitrogen and oxygen atoms in total. The van der Waals surface area contributed by atoms with Crippen LogP contribution in [0.5, 0.6) is 0 Å². The van der Waals surface area contributed by atoms with E-state index in [1.165, 1.54) is 0 Å². The van der Waals surface area contributed by atoms with Crippen molar-refractivity contribution >= 4 is 35.5 Å². The van der Waals surface area contributed by atoms with Crippen LogP contribution in [0.3, 0.4) is 0 Å². The summed E-state index contributed by atoms with van der Waals surface area (Å²) in [5.41, 5.74) is 3.21. The van der Waals surface area contributed by atoms with Crippen LogP contribution in [-0.2, 0) is 25.7 Å². The van der Waals surface area contributed by atoms with Crippen LogP contribution in [0.4, 0.5) is 17.2 Å². The number of aromatic nitrogens is 2. The summed E-state index contributed by atoms with van der Waals surface area (Å²) in [6, 6.07) is 7.80. The van der Waals surface area contributed by atoms with E-state index in [2.05, 4.69) is 70.7 Å². The predicted octanol–water partition coefficient (Wildman–Crippen LogP) is 6.29. The van der Waals surface area contributed by atoms with Crippen LogP contribution in [0.25, 0.3) is 0 Å². The molecule has 34 heavy (non-hydrogen) atoms. The maximum atomic E-state index is 11.9. The molecule has 0 radical (unpaired) electrons. The van der Waals surface area contributed by atoms with Crippen molar-refractivity contribution in [1.82, 2.24) is 9.78 Å². The largest absolute Gasteiger partial charge is 0.414 e. The van der Waals surface area contributed by atoms with E-state index < -0.39 is 18.3 Å². The molecule has 2 heterocycles. The molecule has 9 heteroatoms. The number of anilines is 3. The molecule has 0 spiro atoms. The minimum absolute atomic E-state index is 0.0132. The molecule has 1 saturated carbocycles. The minimum Gasteiger partial charge on any atom is -0.414 e. The van der Waals surface area contributed by atoms with Crippen molar-refractivity contribution in [3.05, 3.63) is 35.5 Å². The van der Waals surface area contributed by atoms with Crippen molar-refractivity contribution < 1.29 is 12.8 Å². The van der Waals surface area contributed by atoms with Crippen LogP contribution in [0.1, 0.15) is 78.0 Å². The SMILES string of the molecule is CC(C)(C)n1nc([C@H]2CC[C@@H](O[Si](C)(C)C(C)(C)C)C2)cc1Nc1ccc2c(c1)CS(=O)(=O)N2. The lowest BCUT2D eigenvalue weighted by Gasteiger charge is -2.38. The van der Waals surface area contributed by atoms with E-state index in [0.29, 0.717) is 17.7 Å². The summed E-state index contributed by atoms with van der Waals surface area (Å²) in [7, 11) is -5.06. The highest BCUT2D eigenvalue weighted by atomic mass is 32.2. The standard InChI is InChI=1S/C25H40N4O3SSi/c1-24(2,3)29-23(26-19-10-12-21-18(13-19)16-33(30,31)28-21)15-22(27-29)17-9-11-20(14-17)32-34(7,8)25(4,5)6/h10,12-13,15,17,20,26,28H,9,11,14,16H2,1-8H3/t17-,20+/m0/s1. The van der Waals surface area contributed by atoms with Crippen LogP contribution < -0.4 is 10.0 Å². The second-order valence-corrected chi connectivity index (χ2v) is 18.9. The Morgan fingerprint density at radius 1 is 1.12 bits per heavy atom. The summed E-state index contributed by atoms with van der Waals surface area (Å²) in [6.07, 6.45) is 3.47. The van der Waals surface area contributed by atoms with Crippen molar-refractivity contribution in [2.75, 3.05) is 10.0 Å². The van der Waals surface area contributed by atoms with E-state index in [-0.39, 0.29) is 16.3 Å². The van der Waals surface area contributed by atoms with Gasteiger partial charge in [-0.3, -0.25) is 4.72 Å². The number of benzene rings is 1. The Kier molecular flexibility index (Phi) is 6.22. The maximum absolute atomic E-state index is 11.9. The van der Waals surface area contributed by atoms with E-state index in [0.717, 1.165) is 42.0 Å². The number of hydrogen-bond donors (Lipinski definition) is 2. The maximum Gasteiger partial charge on any atom is 0.237 e. The lowest BCUT2D eigenvalue weighted by molar-refractivity contribution is 0.186. The van der Waals surface area contributed by atoms with Gasteiger partial charge < -0.3 is 9.74 Å². The van der Waals surface area contributed by atoms with Gasteiger partial charge in [-0.05, 0) is 81.9 Å². The molecule has 1 aliphatic heterocycles. The molecule has 0 amide bonds. The van der Waals surface area contributed by atoms with Gasteiger partial charge in [0.2, 0.25) is 10.0 Å². The zero-order chi connectivity index (χ0) is 25.1. The fourth-order valence-electron chi connectivity index (χ4n) is 4.56. The number of nitrogens with one attached hydrogen (secondary N) is 2. The van der Waals surface area contributed by atoms with Crippen LogP contribution in [0.2, 0.25) is 18.1 Å². The smallest absolute Gasteiger partial charge is 0.237 e. The third kappa shape index (κ3) is 5.21. The summed E-state index contributed by atoms with van der Waals surface area (Å²) in [5.74, 6) is 1.32. The van der Waals surface area contributed by atoms with Gasteiger partial charge >= 0.3 is 0 Å². The van der Waals surface area contributed by atoms with Crippen LogP contribution in [0, 0.1) is 0 Å². The second kappa shape index (κ2) is 8.38. The van der Waals surface area contributed by atoms with Crippen molar-refractivity contribution in [3.8, 4) is 0 Å². The minimum atomic E-state index is -3.27. The monoisotopic (exact) mass is 504 g/mol. The average Bonchev–Trinajstić information content (AvgIpc) is 3.35. The van der Waals surface area contributed by atoms with Crippen molar-refractivity contribution in [3.63, 3.8) is 0 Å². The van der Waals surface area contributed by atoms with Gasteiger partial charge in [-0.15, -0.1) is 0 Å². The first-order chi connectivity index (χ1) is 15.5. The first-order valence-corrected chi connectivity index (χ1v) is 16.8. The van der Waals surface area contributed by atoms with Gasteiger partial charge in [0, 0.05) is 23.8 Å². The third-order valence-corrected chi connectivity index (χ3v) is 13.2. The summed E-state index contributed by atoms with van der Waals surface area (Å²) >= 11 is 0. The zero-order valence-corrected chi connectivity index (χ0v) is 23.6. The molecular formula is C25H40N4O3SSi. The van der Waals surface area contributed by atoms with Gasteiger partial charge in [-0.1, -0.05) is 20.8 Å². The third-order valence-electron chi connectivity index (χ3n) is 7.42. The molecule has 1 aliphatic carbocycles. The zero-order valence-electron chi connectivity index (χ0n) is 21.8. The highest BCUT2D eigenvalue weighted by Crippen LogP contribution is 2.43. The molecule has 0 bridgehead atoms. The lowest BCUT2D eigenvalue weighted by atomic mass is 10.0. The Morgan fingerprint density at radius 3 is 2.47 bits per heavy atom. The molecule has 2 aliphatic rings. The van der Waals surface area contributed by atoms with E-state index in [1.807, 2.05) is 22.9 Å². The lowest BCUT2D eigenvalue weighted by Crippen LogP contribution is -2.43. The average molecular weight is 505 g/mol. The number of sulfonamides is 1. The fourth-order valence-corrected chi connectivity index (χ4v) is 7.21. The highest BCUT2D eigenvalue weighted by molar-refractivity contribution is 7.92. The molecule has 1 fully saturated rings. The van der Waals surface area contributed by atoms with E-state index >= 15 is 0 Å². The Hall–Kier alpha value is -1.84. The molecule has 2 atom stereocenters. The fraction of sp³-hybridized carbons (Fsp3) is 0.640. The number of rotatable bonds is 5. The molecular weight excluding hydrogens is 464 g/mol. The summed E-state index contributed by atoms with van der Waals surface area (Å²) in [4.78, 5) is 0. The molecule has 0 unspecified atom stereocenters. The van der Waals surface area contributed by atoms with Crippen LogP contribution >= 0.6 is 0 Å². The summed E-state index contributed by atoms with van der Waals surface area (Å²) in [6.45, 7) is 18.0. The van der Waals surface area contributed by atoms with Gasteiger partial charge in [0.15, 0.2) is 8.32 Å². The van der Waals surface area contributed by atoms with Gasteiger partial charge in [0.1, 0.15) is 5.82 Å². The topological polar surface area (TPSA) is 85.2 Å². The van der Waals surface area contributed by atoms with Crippen molar-refractivity contribution in [2.45, 2.75) is 102 Å². The first-order valence-electron chi connectivity index (χ1n) is 12.2. The van der Waals surface area contributed by atoms with Gasteiger partial charge in [-0.2, -0.15) is 5.10 Å². The van der Waals surface area contributed by atoms with Crippen molar-refractivity contribution in [2.24, 2.45) is 0 Å². The van der Waals surface area contributed by atoms with Gasteiger partial charge in [0.05, 0.1) is 22.7 Å². The summed E-state index contributed by atoms with van der Waals surface area (Å²) < 4.78 is 35.2. The van der Waals surface area contributed by atoms with Crippen LogP contribution in [-0.4, -0.2) is 32.6 Å². The normalized spacial score (nSPS) is 22.5. The van der Waals surface area contributed by atoms with E-state index in [9.17, 15) is 8.42 Å². The number of nitrogens with zero attached hydrogens (tertiary/aromatic N) is 2. The van der Waals surface area contributed by atoms with Gasteiger partial charge in [0.25, 0.3) is 0 Å². The molecule has 188 valence electrons. The van der Waals surface area contributed by atoms with E-state index in [4.69, 9.17) is 9.52 Å². The quantitative estimate of drug-likeness (QED) is 0.467. The first kappa shape index (κ1) is 25.3. The Labute approximate surface area is 205 Å². The molecule has 0 saturated heterocycles. The van der Waals surface area contributed by atoms with Gasteiger partial charge in [-0.25, -0.2) is 13.1 Å². The van der Waals surface area contributed by atoms with E-state index in [1.54, 1.807) is 0 Å². The predicted molar refractivity (Wildman–Crippen MR) is 142 cm³/mol. The molecule has 2 aromatic rings. The molecule has 1 aromatic heterocycles. The number of hydrogen-bond acceptors (Lipinski definition) is 5.